The number of aryl methyl sites for hydroxylation is 1. The minimum atomic E-state index is -1.59. The summed E-state index contributed by atoms with van der Waals surface area (Å²) in [6.45, 7) is 2.67. The standard InChI is InChI=1S/C11H14F2N4/c1-7-5-9(14)16-11(15-7)17-4-2-3-8(6-17)10(12)13/h5H,2-4,6H2,1H3,(H2,14,15,16). The first-order valence-corrected chi connectivity index (χ1v) is 5.45. The van der Waals surface area contributed by atoms with Crippen molar-refractivity contribution in [3.05, 3.63) is 23.4 Å². The van der Waals surface area contributed by atoms with Crippen molar-refractivity contribution in [3.8, 4) is 0 Å². The normalized spacial score (nSPS) is 16.2. The van der Waals surface area contributed by atoms with E-state index in [0.29, 0.717) is 31.2 Å². The summed E-state index contributed by atoms with van der Waals surface area (Å²) in [5, 5.41) is 0. The predicted molar refractivity (Wildman–Crippen MR) is 61.9 cm³/mol. The zero-order chi connectivity index (χ0) is 12.4. The van der Waals surface area contributed by atoms with Crippen LogP contribution >= 0.6 is 0 Å². The van der Waals surface area contributed by atoms with E-state index < -0.39 is 6.08 Å². The van der Waals surface area contributed by atoms with Gasteiger partial charge in [0.2, 0.25) is 5.95 Å². The fourth-order valence-corrected chi connectivity index (χ4v) is 1.91. The van der Waals surface area contributed by atoms with Crippen LogP contribution in [0, 0.1) is 6.92 Å². The van der Waals surface area contributed by atoms with Crippen molar-refractivity contribution in [2.75, 3.05) is 23.7 Å². The third-order valence-electron chi connectivity index (χ3n) is 2.70. The van der Waals surface area contributed by atoms with E-state index in [1.165, 1.54) is 0 Å². The molecule has 0 aliphatic carbocycles. The van der Waals surface area contributed by atoms with Gasteiger partial charge in [-0.2, -0.15) is 13.8 Å². The lowest BCUT2D eigenvalue weighted by Crippen LogP contribution is -2.33. The Hall–Kier alpha value is -1.72. The quantitative estimate of drug-likeness (QED) is 0.816. The molecule has 0 atom stereocenters. The second kappa shape index (κ2) is 4.65. The van der Waals surface area contributed by atoms with Crippen molar-refractivity contribution in [2.45, 2.75) is 19.8 Å². The molecule has 4 nitrogen and oxygen atoms in total. The van der Waals surface area contributed by atoms with Gasteiger partial charge in [-0.05, 0) is 19.8 Å². The third kappa shape index (κ3) is 2.69. The monoisotopic (exact) mass is 240 g/mol. The van der Waals surface area contributed by atoms with Gasteiger partial charge in [-0.15, -0.1) is 0 Å². The molecule has 0 saturated carbocycles. The summed E-state index contributed by atoms with van der Waals surface area (Å²) in [4.78, 5) is 10.0. The van der Waals surface area contributed by atoms with Crippen LogP contribution < -0.4 is 10.6 Å². The zero-order valence-electron chi connectivity index (χ0n) is 9.58. The second-order valence-corrected chi connectivity index (χ2v) is 4.12. The zero-order valence-corrected chi connectivity index (χ0v) is 9.58. The van der Waals surface area contributed by atoms with Gasteiger partial charge in [-0.25, -0.2) is 4.98 Å². The number of hydrogen-bond donors (Lipinski definition) is 1. The van der Waals surface area contributed by atoms with E-state index in [1.54, 1.807) is 17.9 Å². The lowest BCUT2D eigenvalue weighted by atomic mass is 10.1. The van der Waals surface area contributed by atoms with Crippen LogP contribution in [0.25, 0.3) is 0 Å². The minimum absolute atomic E-state index is 0.167. The van der Waals surface area contributed by atoms with Gasteiger partial charge < -0.3 is 10.6 Å². The Morgan fingerprint density at radius 3 is 2.82 bits per heavy atom. The molecule has 1 saturated heterocycles. The molecule has 0 unspecified atom stereocenters. The Balaban J connectivity index is 2.25. The first kappa shape index (κ1) is 11.8. The molecular formula is C11H14F2N4. The highest BCUT2D eigenvalue weighted by atomic mass is 19.3. The largest absolute Gasteiger partial charge is 0.384 e. The SMILES string of the molecule is Cc1cc(N)nc(N2CCCC(=C(F)F)C2)n1. The average Bonchev–Trinajstić information content (AvgIpc) is 2.28. The van der Waals surface area contributed by atoms with Crippen molar-refractivity contribution < 1.29 is 8.78 Å². The molecule has 92 valence electrons. The second-order valence-electron chi connectivity index (χ2n) is 4.12. The molecule has 2 heterocycles. The highest BCUT2D eigenvalue weighted by molar-refractivity contribution is 5.42. The highest BCUT2D eigenvalue weighted by Crippen LogP contribution is 2.23. The minimum Gasteiger partial charge on any atom is -0.384 e. The first-order valence-electron chi connectivity index (χ1n) is 5.45. The summed E-state index contributed by atoms with van der Waals surface area (Å²) in [5.41, 5.74) is 6.53. The molecule has 1 fully saturated rings. The first-order chi connectivity index (χ1) is 8.06. The molecule has 6 heteroatoms. The van der Waals surface area contributed by atoms with Crippen molar-refractivity contribution in [3.63, 3.8) is 0 Å². The van der Waals surface area contributed by atoms with Gasteiger partial charge in [-0.1, -0.05) is 0 Å². The van der Waals surface area contributed by atoms with Crippen LogP contribution in [0.2, 0.25) is 0 Å². The number of nitrogens with zero attached hydrogens (tertiary/aromatic N) is 3. The smallest absolute Gasteiger partial charge is 0.271 e. The van der Waals surface area contributed by atoms with Crippen molar-refractivity contribution >= 4 is 11.8 Å². The van der Waals surface area contributed by atoms with Gasteiger partial charge >= 0.3 is 0 Å². The number of halogens is 2. The number of nitrogens with two attached hydrogens (primary N) is 1. The molecule has 2 N–H and O–H groups in total. The van der Waals surface area contributed by atoms with E-state index in [4.69, 9.17) is 5.73 Å². The lowest BCUT2D eigenvalue weighted by molar-refractivity contribution is 0.400. The summed E-state index contributed by atoms with van der Waals surface area (Å²) in [6.07, 6.45) is -0.459. The van der Waals surface area contributed by atoms with Crippen LogP contribution in [0.1, 0.15) is 18.5 Å². The molecule has 1 aromatic rings. The van der Waals surface area contributed by atoms with Gasteiger partial charge in [-0.3, -0.25) is 0 Å². The van der Waals surface area contributed by atoms with Gasteiger partial charge in [0.25, 0.3) is 6.08 Å². The van der Waals surface area contributed by atoms with Crippen molar-refractivity contribution in [1.29, 1.82) is 0 Å². The number of nitrogen functional groups attached to an aromatic ring is 1. The fraction of sp³-hybridized carbons (Fsp3) is 0.455. The van der Waals surface area contributed by atoms with Crippen LogP contribution in [0.5, 0.6) is 0 Å². The van der Waals surface area contributed by atoms with Crippen LogP contribution in [0.3, 0.4) is 0 Å². The molecule has 0 amide bonds. The molecular weight excluding hydrogens is 226 g/mol. The highest BCUT2D eigenvalue weighted by Gasteiger charge is 2.20. The molecule has 0 spiro atoms. The van der Waals surface area contributed by atoms with Crippen molar-refractivity contribution in [2.24, 2.45) is 0 Å². The number of anilines is 2. The number of hydrogen-bond acceptors (Lipinski definition) is 4. The van der Waals surface area contributed by atoms with Crippen LogP contribution in [0.4, 0.5) is 20.5 Å². The number of aromatic nitrogens is 2. The maximum atomic E-state index is 12.6. The van der Waals surface area contributed by atoms with E-state index in [-0.39, 0.29) is 12.1 Å². The van der Waals surface area contributed by atoms with E-state index in [2.05, 4.69) is 9.97 Å². The molecule has 1 aromatic heterocycles. The summed E-state index contributed by atoms with van der Waals surface area (Å²) >= 11 is 0. The fourth-order valence-electron chi connectivity index (χ4n) is 1.91. The Morgan fingerprint density at radius 1 is 1.41 bits per heavy atom. The average molecular weight is 240 g/mol. The molecule has 0 aromatic carbocycles. The van der Waals surface area contributed by atoms with Crippen LogP contribution in [-0.2, 0) is 0 Å². The Labute approximate surface area is 98.2 Å². The number of rotatable bonds is 1. The van der Waals surface area contributed by atoms with Gasteiger partial charge in [0.05, 0.1) is 0 Å². The maximum absolute atomic E-state index is 12.6. The Morgan fingerprint density at radius 2 is 2.18 bits per heavy atom. The van der Waals surface area contributed by atoms with E-state index in [0.717, 1.165) is 5.69 Å². The molecule has 1 aliphatic heterocycles. The predicted octanol–water partition coefficient (Wildman–Crippen LogP) is 2.12. The van der Waals surface area contributed by atoms with Gasteiger partial charge in [0.1, 0.15) is 5.82 Å². The molecule has 1 aliphatic rings. The summed E-state index contributed by atoms with van der Waals surface area (Å²) < 4.78 is 25.1. The van der Waals surface area contributed by atoms with E-state index >= 15 is 0 Å². The molecule has 17 heavy (non-hydrogen) atoms. The van der Waals surface area contributed by atoms with E-state index in [1.807, 2.05) is 0 Å². The molecule has 0 radical (unpaired) electrons. The van der Waals surface area contributed by atoms with Crippen LogP contribution in [-0.4, -0.2) is 23.1 Å². The maximum Gasteiger partial charge on any atom is 0.271 e. The lowest BCUT2D eigenvalue weighted by Gasteiger charge is -2.28. The van der Waals surface area contributed by atoms with Gasteiger partial charge in [0, 0.05) is 30.4 Å². The summed E-state index contributed by atoms with van der Waals surface area (Å²) in [5.74, 6) is 0.797. The number of piperidine rings is 1. The third-order valence-corrected chi connectivity index (χ3v) is 2.70. The van der Waals surface area contributed by atoms with Crippen molar-refractivity contribution in [1.82, 2.24) is 9.97 Å². The summed E-state index contributed by atoms with van der Waals surface area (Å²) in [7, 11) is 0. The molecule has 2 rings (SSSR count). The Kier molecular flexibility index (Phi) is 3.21. The van der Waals surface area contributed by atoms with Crippen LogP contribution in [0.15, 0.2) is 17.7 Å². The Bertz CT molecular complexity index is 435. The molecule has 0 bridgehead atoms. The van der Waals surface area contributed by atoms with Gasteiger partial charge in [0.15, 0.2) is 0 Å². The topological polar surface area (TPSA) is 55.0 Å². The summed E-state index contributed by atoms with van der Waals surface area (Å²) in [6, 6.07) is 1.65. The van der Waals surface area contributed by atoms with E-state index in [9.17, 15) is 8.78 Å².